The minimum Gasteiger partial charge on any atom is -0.497 e. The lowest BCUT2D eigenvalue weighted by molar-refractivity contribution is 0.0305. The van der Waals surface area contributed by atoms with Gasteiger partial charge in [-0.2, -0.15) is 9.40 Å². The number of carboxylic acids is 1. The molecule has 1 unspecified atom stereocenters. The summed E-state index contributed by atoms with van der Waals surface area (Å²) >= 11 is 0. The zero-order valence-electron chi connectivity index (χ0n) is 13.4. The predicted molar refractivity (Wildman–Crippen MR) is 86.0 cm³/mol. The highest BCUT2D eigenvalue weighted by atomic mass is 32.2. The molecule has 1 atom stereocenters. The SMILES string of the molecule is COc1ccc(S(=O)(=O)N2CCOCC2c2ccn[nH]2)c(C(=O)O)c1. The first-order chi connectivity index (χ1) is 11.9. The van der Waals surface area contributed by atoms with Crippen LogP contribution in [0.15, 0.2) is 35.4 Å². The molecule has 2 aromatic rings. The molecule has 0 amide bonds. The first kappa shape index (κ1) is 17.4. The smallest absolute Gasteiger partial charge is 0.337 e. The van der Waals surface area contributed by atoms with Crippen LogP contribution in [-0.2, 0) is 14.8 Å². The van der Waals surface area contributed by atoms with Crippen molar-refractivity contribution in [1.82, 2.24) is 14.5 Å². The second kappa shape index (κ2) is 6.82. The third kappa shape index (κ3) is 3.23. The number of methoxy groups -OCH3 is 1. The normalized spacial score (nSPS) is 18.8. The Hall–Kier alpha value is -2.43. The number of aromatic nitrogens is 2. The largest absolute Gasteiger partial charge is 0.497 e. The summed E-state index contributed by atoms with van der Waals surface area (Å²) in [5, 5.41) is 16.0. The summed E-state index contributed by atoms with van der Waals surface area (Å²) in [6.45, 7) is 0.486. The summed E-state index contributed by atoms with van der Waals surface area (Å²) < 4.78 is 37.9. The molecule has 0 aliphatic carbocycles. The summed E-state index contributed by atoms with van der Waals surface area (Å²) in [4.78, 5) is 11.3. The van der Waals surface area contributed by atoms with Crippen LogP contribution in [0.25, 0.3) is 0 Å². The summed E-state index contributed by atoms with van der Waals surface area (Å²) in [6, 6.07) is 4.92. The number of hydrogen-bond donors (Lipinski definition) is 2. The van der Waals surface area contributed by atoms with E-state index in [2.05, 4.69) is 10.2 Å². The molecule has 1 fully saturated rings. The number of H-pyrrole nitrogens is 1. The molecular weight excluding hydrogens is 350 g/mol. The monoisotopic (exact) mass is 367 g/mol. The van der Waals surface area contributed by atoms with E-state index in [-0.39, 0.29) is 36.0 Å². The van der Waals surface area contributed by atoms with E-state index in [4.69, 9.17) is 9.47 Å². The molecule has 0 bridgehead atoms. The number of rotatable bonds is 5. The number of sulfonamides is 1. The van der Waals surface area contributed by atoms with Gasteiger partial charge in [0.05, 0.1) is 42.5 Å². The summed E-state index contributed by atoms with van der Waals surface area (Å²) in [5.74, 6) is -1.08. The van der Waals surface area contributed by atoms with Crippen LogP contribution in [0.4, 0.5) is 0 Å². The molecule has 1 aromatic carbocycles. The Morgan fingerprint density at radius 2 is 2.24 bits per heavy atom. The van der Waals surface area contributed by atoms with Crippen molar-refractivity contribution < 1.29 is 27.8 Å². The van der Waals surface area contributed by atoms with Gasteiger partial charge in [0.25, 0.3) is 0 Å². The van der Waals surface area contributed by atoms with Crippen molar-refractivity contribution in [2.24, 2.45) is 0 Å². The number of morpholine rings is 1. The third-order valence-corrected chi connectivity index (χ3v) is 5.93. The van der Waals surface area contributed by atoms with Crippen LogP contribution in [0.2, 0.25) is 0 Å². The summed E-state index contributed by atoms with van der Waals surface area (Å²) in [6.07, 6.45) is 1.52. The highest BCUT2D eigenvalue weighted by Gasteiger charge is 2.37. The number of benzene rings is 1. The van der Waals surface area contributed by atoms with Gasteiger partial charge in [0.1, 0.15) is 5.75 Å². The second-order valence-corrected chi connectivity index (χ2v) is 7.24. The molecular formula is C15H17N3O6S. The molecule has 1 aliphatic rings. The Kier molecular flexibility index (Phi) is 4.75. The van der Waals surface area contributed by atoms with Gasteiger partial charge in [-0.1, -0.05) is 0 Å². The molecule has 1 aromatic heterocycles. The van der Waals surface area contributed by atoms with Crippen LogP contribution in [0.3, 0.4) is 0 Å². The molecule has 0 spiro atoms. The fourth-order valence-electron chi connectivity index (χ4n) is 2.73. The fraction of sp³-hybridized carbons (Fsp3) is 0.333. The maximum atomic E-state index is 13.1. The van der Waals surface area contributed by atoms with E-state index in [1.807, 2.05) is 0 Å². The van der Waals surface area contributed by atoms with Gasteiger partial charge in [0.2, 0.25) is 10.0 Å². The molecule has 0 saturated carbocycles. The first-order valence-electron chi connectivity index (χ1n) is 7.45. The lowest BCUT2D eigenvalue weighted by Crippen LogP contribution is -2.43. The van der Waals surface area contributed by atoms with Crippen molar-refractivity contribution in [3.63, 3.8) is 0 Å². The Morgan fingerprint density at radius 3 is 2.88 bits per heavy atom. The van der Waals surface area contributed by atoms with E-state index < -0.39 is 22.0 Å². The average Bonchev–Trinajstić information content (AvgIpc) is 3.15. The Bertz CT molecular complexity index is 865. The number of carbonyl (C=O) groups is 1. The first-order valence-corrected chi connectivity index (χ1v) is 8.89. The van der Waals surface area contributed by atoms with E-state index >= 15 is 0 Å². The van der Waals surface area contributed by atoms with Gasteiger partial charge in [-0.25, -0.2) is 13.2 Å². The summed E-state index contributed by atoms with van der Waals surface area (Å²) in [7, 11) is -2.69. The highest BCUT2D eigenvalue weighted by molar-refractivity contribution is 7.89. The van der Waals surface area contributed by atoms with Gasteiger partial charge in [-0.3, -0.25) is 5.10 Å². The number of nitrogens with one attached hydrogen (secondary N) is 1. The van der Waals surface area contributed by atoms with Crippen LogP contribution in [0.1, 0.15) is 22.1 Å². The van der Waals surface area contributed by atoms with Crippen molar-refractivity contribution in [2.75, 3.05) is 26.9 Å². The number of nitrogens with zero attached hydrogens (tertiary/aromatic N) is 2. The van der Waals surface area contributed by atoms with E-state index in [0.29, 0.717) is 5.69 Å². The molecule has 9 nitrogen and oxygen atoms in total. The molecule has 2 heterocycles. The standard InChI is InChI=1S/C15H17N3O6S/c1-23-10-2-3-14(11(8-10)15(19)20)25(21,22)18-6-7-24-9-13(18)12-4-5-16-17-12/h2-5,8,13H,6-7,9H2,1H3,(H,16,17)(H,19,20). The lowest BCUT2D eigenvalue weighted by Gasteiger charge is -2.34. The number of aromatic amines is 1. The van der Waals surface area contributed by atoms with Gasteiger partial charge in [-0.05, 0) is 24.3 Å². The van der Waals surface area contributed by atoms with Crippen molar-refractivity contribution in [3.05, 3.63) is 41.7 Å². The van der Waals surface area contributed by atoms with Gasteiger partial charge in [-0.15, -0.1) is 0 Å². The Labute approximate surface area is 144 Å². The Morgan fingerprint density at radius 1 is 1.44 bits per heavy atom. The van der Waals surface area contributed by atoms with Gasteiger partial charge in [0.15, 0.2) is 0 Å². The van der Waals surface area contributed by atoms with E-state index in [0.717, 1.165) is 0 Å². The van der Waals surface area contributed by atoms with Crippen LogP contribution in [0.5, 0.6) is 5.75 Å². The molecule has 3 rings (SSSR count). The topological polar surface area (TPSA) is 122 Å². The van der Waals surface area contributed by atoms with Crippen molar-refractivity contribution in [2.45, 2.75) is 10.9 Å². The molecule has 1 saturated heterocycles. The number of ether oxygens (including phenoxy) is 2. The minimum absolute atomic E-state index is 0.108. The molecule has 25 heavy (non-hydrogen) atoms. The summed E-state index contributed by atoms with van der Waals surface area (Å²) in [5.41, 5.74) is 0.239. The molecule has 2 N–H and O–H groups in total. The van der Waals surface area contributed by atoms with Crippen LogP contribution >= 0.6 is 0 Å². The predicted octanol–water partition coefficient (Wildman–Crippen LogP) is 0.879. The van der Waals surface area contributed by atoms with Crippen molar-refractivity contribution in [3.8, 4) is 5.75 Å². The van der Waals surface area contributed by atoms with Gasteiger partial charge >= 0.3 is 5.97 Å². The van der Waals surface area contributed by atoms with Crippen LogP contribution in [0, 0.1) is 0 Å². The van der Waals surface area contributed by atoms with E-state index in [1.54, 1.807) is 6.07 Å². The zero-order chi connectivity index (χ0) is 18.0. The highest BCUT2D eigenvalue weighted by Crippen LogP contribution is 2.32. The fourth-order valence-corrected chi connectivity index (χ4v) is 4.47. The van der Waals surface area contributed by atoms with E-state index in [1.165, 1.54) is 35.8 Å². The average molecular weight is 367 g/mol. The maximum Gasteiger partial charge on any atom is 0.337 e. The van der Waals surface area contributed by atoms with Gasteiger partial charge < -0.3 is 14.6 Å². The lowest BCUT2D eigenvalue weighted by atomic mass is 10.2. The molecule has 10 heteroatoms. The Balaban J connectivity index is 2.07. The van der Waals surface area contributed by atoms with Gasteiger partial charge in [0, 0.05) is 12.7 Å². The quantitative estimate of drug-likeness (QED) is 0.804. The molecule has 0 radical (unpaired) electrons. The van der Waals surface area contributed by atoms with Crippen molar-refractivity contribution in [1.29, 1.82) is 0 Å². The maximum absolute atomic E-state index is 13.1. The van der Waals surface area contributed by atoms with E-state index in [9.17, 15) is 18.3 Å². The van der Waals surface area contributed by atoms with Crippen LogP contribution < -0.4 is 4.74 Å². The molecule has 134 valence electrons. The number of hydrogen-bond acceptors (Lipinski definition) is 6. The zero-order valence-corrected chi connectivity index (χ0v) is 14.2. The second-order valence-electron chi connectivity index (χ2n) is 5.39. The van der Waals surface area contributed by atoms with Crippen LogP contribution in [-0.4, -0.2) is 60.9 Å². The third-order valence-electron chi connectivity index (χ3n) is 3.96. The number of aromatic carboxylic acids is 1. The number of carboxylic acid groups (broad SMARTS) is 1. The minimum atomic E-state index is -4.07. The van der Waals surface area contributed by atoms with Crippen molar-refractivity contribution >= 4 is 16.0 Å². The molecule has 1 aliphatic heterocycles.